The Labute approximate surface area is 73.7 Å². The van der Waals surface area contributed by atoms with Gasteiger partial charge in [0.05, 0.1) is 7.11 Å². The van der Waals surface area contributed by atoms with Crippen LogP contribution in [0.1, 0.15) is 19.8 Å². The molecule has 1 aliphatic rings. The number of nitrogens with zero attached hydrogens (tertiary/aromatic N) is 1. The van der Waals surface area contributed by atoms with Crippen molar-refractivity contribution < 1.29 is 9.53 Å². The minimum absolute atomic E-state index is 0.00815. The zero-order chi connectivity index (χ0) is 9.14. The van der Waals surface area contributed by atoms with Gasteiger partial charge in [-0.3, -0.25) is 9.69 Å². The molecule has 0 radical (unpaired) electrons. The predicted octanol–water partition coefficient (Wildman–Crippen LogP) is 0.890. The summed E-state index contributed by atoms with van der Waals surface area (Å²) >= 11 is 0. The second-order valence-corrected chi connectivity index (χ2v) is 3.66. The fraction of sp³-hybridized carbons (Fsp3) is 0.889. The van der Waals surface area contributed by atoms with Gasteiger partial charge in [0, 0.05) is 6.54 Å². The maximum Gasteiger partial charge on any atom is 0.323 e. The van der Waals surface area contributed by atoms with Crippen LogP contribution >= 0.6 is 0 Å². The molecule has 1 aliphatic heterocycles. The number of methoxy groups -OCH3 is 1. The summed E-state index contributed by atoms with van der Waals surface area (Å²) < 4.78 is 4.71. The predicted molar refractivity (Wildman–Crippen MR) is 46.8 cm³/mol. The Morgan fingerprint density at radius 3 is 2.67 bits per heavy atom. The Bertz CT molecular complexity index is 170. The Morgan fingerprint density at radius 1 is 1.50 bits per heavy atom. The van der Waals surface area contributed by atoms with Crippen LogP contribution in [-0.4, -0.2) is 37.6 Å². The third-order valence-corrected chi connectivity index (χ3v) is 2.54. The summed E-state index contributed by atoms with van der Waals surface area (Å²) in [7, 11) is 3.44. The van der Waals surface area contributed by atoms with Crippen LogP contribution in [0.2, 0.25) is 0 Å². The highest BCUT2D eigenvalue weighted by Crippen LogP contribution is 2.20. The number of esters is 1. The lowest BCUT2D eigenvalue weighted by Gasteiger charge is -2.33. The molecule has 0 N–H and O–H groups in total. The van der Waals surface area contributed by atoms with Gasteiger partial charge in [0.1, 0.15) is 6.04 Å². The molecule has 1 saturated heterocycles. The molecule has 1 rings (SSSR count). The highest BCUT2D eigenvalue weighted by Gasteiger charge is 2.29. The van der Waals surface area contributed by atoms with Gasteiger partial charge in [0.25, 0.3) is 0 Å². The molecular weight excluding hydrogens is 154 g/mol. The second kappa shape index (κ2) is 3.90. The molecule has 12 heavy (non-hydrogen) atoms. The van der Waals surface area contributed by atoms with Crippen molar-refractivity contribution in [1.29, 1.82) is 0 Å². The van der Waals surface area contributed by atoms with Gasteiger partial charge >= 0.3 is 5.97 Å². The molecule has 2 atom stereocenters. The zero-order valence-corrected chi connectivity index (χ0v) is 8.04. The van der Waals surface area contributed by atoms with Gasteiger partial charge in [-0.25, -0.2) is 0 Å². The van der Waals surface area contributed by atoms with Crippen LogP contribution in [0, 0.1) is 5.92 Å². The summed E-state index contributed by atoms with van der Waals surface area (Å²) in [5, 5.41) is 0. The van der Waals surface area contributed by atoms with Crippen LogP contribution in [0.3, 0.4) is 0 Å². The molecule has 0 bridgehead atoms. The largest absolute Gasteiger partial charge is 0.468 e. The SMILES string of the molecule is COC(=O)[C@@H]1CC[C@@H](C)CN1C. The van der Waals surface area contributed by atoms with Crippen molar-refractivity contribution >= 4 is 5.97 Å². The van der Waals surface area contributed by atoms with Crippen LogP contribution in [0.25, 0.3) is 0 Å². The van der Waals surface area contributed by atoms with Gasteiger partial charge < -0.3 is 4.74 Å². The summed E-state index contributed by atoms with van der Waals surface area (Å²) in [5.74, 6) is 0.611. The summed E-state index contributed by atoms with van der Waals surface area (Å²) in [6.45, 7) is 3.21. The number of likely N-dealkylation sites (tertiary alicyclic amines) is 1. The molecule has 0 aliphatic carbocycles. The smallest absolute Gasteiger partial charge is 0.323 e. The second-order valence-electron chi connectivity index (χ2n) is 3.66. The number of carbonyl (C=O) groups excluding carboxylic acids is 1. The van der Waals surface area contributed by atoms with Crippen LogP contribution in [0.4, 0.5) is 0 Å². The van der Waals surface area contributed by atoms with E-state index in [9.17, 15) is 4.79 Å². The van der Waals surface area contributed by atoms with Crippen LogP contribution in [0.15, 0.2) is 0 Å². The van der Waals surface area contributed by atoms with Crippen molar-refractivity contribution in [3.05, 3.63) is 0 Å². The van der Waals surface area contributed by atoms with Crippen molar-refractivity contribution in [3.8, 4) is 0 Å². The lowest BCUT2D eigenvalue weighted by molar-refractivity contribution is -0.148. The van der Waals surface area contributed by atoms with Crippen LogP contribution in [0.5, 0.6) is 0 Å². The first-order valence-electron chi connectivity index (χ1n) is 4.43. The third-order valence-electron chi connectivity index (χ3n) is 2.54. The number of hydrogen-bond donors (Lipinski definition) is 0. The highest BCUT2D eigenvalue weighted by molar-refractivity contribution is 5.75. The first-order chi connectivity index (χ1) is 5.65. The topological polar surface area (TPSA) is 29.5 Å². The van der Waals surface area contributed by atoms with E-state index in [1.54, 1.807) is 0 Å². The number of likely N-dealkylation sites (N-methyl/N-ethyl adjacent to an activating group) is 1. The standard InChI is InChI=1S/C9H17NO2/c1-7-4-5-8(9(11)12-3)10(2)6-7/h7-8H,4-6H2,1-3H3/t7-,8+/m1/s1. The number of hydrogen-bond acceptors (Lipinski definition) is 3. The molecular formula is C9H17NO2. The number of rotatable bonds is 1. The quantitative estimate of drug-likeness (QED) is 0.549. The molecule has 3 nitrogen and oxygen atoms in total. The summed E-state index contributed by atoms with van der Waals surface area (Å²) in [5.41, 5.74) is 0. The molecule has 0 aromatic rings. The Balaban J connectivity index is 2.50. The third kappa shape index (κ3) is 1.97. The molecule has 1 fully saturated rings. The molecule has 3 heteroatoms. The first-order valence-corrected chi connectivity index (χ1v) is 4.43. The van der Waals surface area contributed by atoms with Gasteiger partial charge in [0.2, 0.25) is 0 Å². The van der Waals surface area contributed by atoms with Gasteiger partial charge in [0.15, 0.2) is 0 Å². The van der Waals surface area contributed by atoms with Crippen LogP contribution in [-0.2, 0) is 9.53 Å². The minimum atomic E-state index is -0.0931. The van der Waals surface area contributed by atoms with E-state index < -0.39 is 0 Å². The molecule has 1 heterocycles. The van der Waals surface area contributed by atoms with E-state index in [2.05, 4.69) is 11.8 Å². The molecule has 0 spiro atoms. The normalized spacial score (nSPS) is 31.6. The fourth-order valence-corrected chi connectivity index (χ4v) is 1.81. The van der Waals surface area contributed by atoms with E-state index in [4.69, 9.17) is 4.74 Å². The van der Waals surface area contributed by atoms with Crippen LogP contribution < -0.4 is 0 Å². The molecule has 70 valence electrons. The molecule has 0 unspecified atom stereocenters. The molecule has 0 saturated carbocycles. The summed E-state index contributed by atoms with van der Waals surface area (Å²) in [4.78, 5) is 13.3. The lowest BCUT2D eigenvalue weighted by atomic mass is 9.95. The zero-order valence-electron chi connectivity index (χ0n) is 8.04. The van der Waals surface area contributed by atoms with Crippen molar-refractivity contribution in [3.63, 3.8) is 0 Å². The lowest BCUT2D eigenvalue weighted by Crippen LogP contribution is -2.45. The monoisotopic (exact) mass is 171 g/mol. The maximum absolute atomic E-state index is 11.2. The Morgan fingerprint density at radius 2 is 2.17 bits per heavy atom. The van der Waals surface area contributed by atoms with E-state index in [0.717, 1.165) is 19.4 Å². The van der Waals surface area contributed by atoms with Gasteiger partial charge in [-0.05, 0) is 25.8 Å². The van der Waals surface area contributed by atoms with Crippen molar-refractivity contribution in [2.75, 3.05) is 20.7 Å². The Kier molecular flexibility index (Phi) is 3.09. The summed E-state index contributed by atoms with van der Waals surface area (Å²) in [6.07, 6.45) is 2.06. The Hall–Kier alpha value is -0.570. The fourth-order valence-electron chi connectivity index (χ4n) is 1.81. The van der Waals surface area contributed by atoms with Crippen molar-refractivity contribution in [1.82, 2.24) is 4.90 Å². The molecule has 0 aromatic carbocycles. The average molecular weight is 171 g/mol. The summed E-state index contributed by atoms with van der Waals surface area (Å²) in [6, 6.07) is -0.00815. The van der Waals surface area contributed by atoms with E-state index in [0.29, 0.717) is 5.92 Å². The van der Waals surface area contributed by atoms with Crippen molar-refractivity contribution in [2.24, 2.45) is 5.92 Å². The van der Waals surface area contributed by atoms with Gasteiger partial charge in [-0.1, -0.05) is 6.92 Å². The minimum Gasteiger partial charge on any atom is -0.468 e. The number of carbonyl (C=O) groups is 1. The molecule has 0 aromatic heterocycles. The van der Waals surface area contributed by atoms with E-state index >= 15 is 0 Å². The molecule has 0 amide bonds. The van der Waals surface area contributed by atoms with Gasteiger partial charge in [-0.15, -0.1) is 0 Å². The van der Waals surface area contributed by atoms with Gasteiger partial charge in [-0.2, -0.15) is 0 Å². The van der Waals surface area contributed by atoms with Crippen molar-refractivity contribution in [2.45, 2.75) is 25.8 Å². The highest BCUT2D eigenvalue weighted by atomic mass is 16.5. The number of piperidine rings is 1. The van der Waals surface area contributed by atoms with E-state index in [1.807, 2.05) is 7.05 Å². The van der Waals surface area contributed by atoms with E-state index in [-0.39, 0.29) is 12.0 Å². The average Bonchev–Trinajstić information content (AvgIpc) is 2.03. The van der Waals surface area contributed by atoms with E-state index in [1.165, 1.54) is 7.11 Å². The maximum atomic E-state index is 11.2. The first kappa shape index (κ1) is 9.52. The number of ether oxygens (including phenoxy) is 1.